The third-order valence-electron chi connectivity index (χ3n) is 4.67. The largest absolute Gasteiger partial charge is 0.333 e. The van der Waals surface area contributed by atoms with Crippen molar-refractivity contribution in [3.8, 4) is 6.07 Å². The van der Waals surface area contributed by atoms with Crippen molar-refractivity contribution in [3.05, 3.63) is 119 Å². The maximum Gasteiger partial charge on any atom is 0.268 e. The fourth-order valence-corrected chi connectivity index (χ4v) is 3.31. The van der Waals surface area contributed by atoms with E-state index in [0.29, 0.717) is 11.4 Å². The first kappa shape index (κ1) is 18.4. The van der Waals surface area contributed by atoms with Crippen LogP contribution in [0.2, 0.25) is 0 Å². The lowest BCUT2D eigenvalue weighted by atomic mass is 9.91. The highest BCUT2D eigenvalue weighted by Crippen LogP contribution is 2.30. The Hall–Kier alpha value is -3.97. The molecule has 4 heteroatoms. The molecule has 1 heterocycles. The van der Waals surface area contributed by atoms with E-state index in [1.165, 1.54) is 0 Å². The highest BCUT2D eigenvalue weighted by atomic mass is 16.5. The van der Waals surface area contributed by atoms with Crippen LogP contribution in [0.5, 0.6) is 0 Å². The molecule has 0 radical (unpaired) electrons. The first-order valence-electron chi connectivity index (χ1n) is 9.37. The molecule has 0 bridgehead atoms. The van der Waals surface area contributed by atoms with E-state index >= 15 is 0 Å². The van der Waals surface area contributed by atoms with Crippen LogP contribution in [0.3, 0.4) is 0 Å². The second-order valence-corrected chi connectivity index (χ2v) is 6.80. The van der Waals surface area contributed by atoms with Crippen molar-refractivity contribution >= 4 is 11.6 Å². The summed E-state index contributed by atoms with van der Waals surface area (Å²) >= 11 is 0. The minimum Gasteiger partial charge on any atom is -0.333 e. The molecule has 0 fully saturated rings. The molecule has 0 aliphatic rings. The zero-order valence-electron chi connectivity index (χ0n) is 16.0. The summed E-state index contributed by atoms with van der Waals surface area (Å²) in [4.78, 5) is 4.58. The number of rotatable bonds is 5. The minimum absolute atomic E-state index is 0.172. The van der Waals surface area contributed by atoms with E-state index in [2.05, 4.69) is 16.2 Å². The Balaban J connectivity index is 1.75. The van der Waals surface area contributed by atoms with Gasteiger partial charge in [0.2, 0.25) is 0 Å². The normalized spacial score (nSPS) is 11.4. The number of aryl methyl sites for hydroxylation is 1. The lowest BCUT2D eigenvalue weighted by Crippen LogP contribution is -2.05. The highest BCUT2D eigenvalue weighted by molar-refractivity contribution is 5.86. The fraction of sp³-hybridized carbons (Fsp3) is 0.0800. The molecule has 0 N–H and O–H groups in total. The maximum absolute atomic E-state index is 9.65. The molecule has 0 unspecified atom stereocenters. The summed E-state index contributed by atoms with van der Waals surface area (Å²) in [5.74, 6) is 0.581. The number of hydrogen-bond acceptors (Lipinski definition) is 4. The van der Waals surface area contributed by atoms with E-state index in [4.69, 9.17) is 4.52 Å². The van der Waals surface area contributed by atoms with E-state index in [0.717, 1.165) is 22.3 Å². The van der Waals surface area contributed by atoms with Crippen LogP contribution in [-0.2, 0) is 0 Å². The third-order valence-corrected chi connectivity index (χ3v) is 4.67. The Morgan fingerprint density at radius 2 is 1.59 bits per heavy atom. The summed E-state index contributed by atoms with van der Waals surface area (Å²) < 4.78 is 5.49. The molecule has 4 aromatic rings. The van der Waals surface area contributed by atoms with E-state index in [1.54, 1.807) is 6.08 Å². The number of nitrogens with zero attached hydrogens (tertiary/aromatic N) is 3. The van der Waals surface area contributed by atoms with E-state index < -0.39 is 0 Å². The third kappa shape index (κ3) is 4.15. The van der Waals surface area contributed by atoms with Gasteiger partial charge >= 0.3 is 0 Å². The molecule has 0 amide bonds. The van der Waals surface area contributed by atoms with Gasteiger partial charge in [-0.1, -0.05) is 95.6 Å². The topological polar surface area (TPSA) is 62.7 Å². The van der Waals surface area contributed by atoms with Crippen molar-refractivity contribution < 1.29 is 4.52 Å². The summed E-state index contributed by atoms with van der Waals surface area (Å²) in [6.07, 6.45) is 1.77. The van der Waals surface area contributed by atoms with Crippen LogP contribution in [0.4, 0.5) is 0 Å². The maximum atomic E-state index is 9.65. The van der Waals surface area contributed by atoms with Crippen molar-refractivity contribution in [1.29, 1.82) is 5.26 Å². The van der Waals surface area contributed by atoms with Gasteiger partial charge in [-0.25, -0.2) is 0 Å². The van der Waals surface area contributed by atoms with Crippen molar-refractivity contribution in [2.24, 2.45) is 0 Å². The summed E-state index contributed by atoms with van der Waals surface area (Å²) in [5, 5.41) is 13.9. The van der Waals surface area contributed by atoms with Crippen molar-refractivity contribution in [2.75, 3.05) is 0 Å². The molecule has 1 aromatic heterocycles. The predicted molar refractivity (Wildman–Crippen MR) is 113 cm³/mol. The van der Waals surface area contributed by atoms with E-state index in [9.17, 15) is 5.26 Å². The monoisotopic (exact) mass is 377 g/mol. The van der Waals surface area contributed by atoms with Gasteiger partial charge in [0.25, 0.3) is 5.89 Å². The Morgan fingerprint density at radius 3 is 2.17 bits per heavy atom. The van der Waals surface area contributed by atoms with Crippen LogP contribution in [0.1, 0.15) is 39.9 Å². The molecule has 4 nitrogen and oxygen atoms in total. The second-order valence-electron chi connectivity index (χ2n) is 6.80. The Morgan fingerprint density at radius 1 is 0.931 bits per heavy atom. The molecular formula is C25H19N3O. The standard InChI is InChI=1S/C25H19N3O/c1-18-9-8-10-19(15-18)16-22(17-26)25-27-24(28-29-25)23(20-11-4-2-5-12-20)21-13-6-3-7-14-21/h2-16,23H,1H3/b22-16+. The van der Waals surface area contributed by atoms with Crippen molar-refractivity contribution in [2.45, 2.75) is 12.8 Å². The number of allylic oxidation sites excluding steroid dienone is 1. The van der Waals surface area contributed by atoms with Crippen molar-refractivity contribution in [1.82, 2.24) is 10.1 Å². The van der Waals surface area contributed by atoms with Crippen LogP contribution >= 0.6 is 0 Å². The minimum atomic E-state index is -0.172. The lowest BCUT2D eigenvalue weighted by Gasteiger charge is -2.14. The van der Waals surface area contributed by atoms with Crippen LogP contribution in [0, 0.1) is 18.3 Å². The summed E-state index contributed by atoms with van der Waals surface area (Å²) in [7, 11) is 0. The van der Waals surface area contributed by atoms with Gasteiger partial charge in [-0.05, 0) is 29.7 Å². The number of nitriles is 1. The Labute approximate surface area is 169 Å². The molecule has 0 aliphatic carbocycles. The summed E-state index contributed by atoms with van der Waals surface area (Å²) in [5.41, 5.74) is 4.51. The van der Waals surface area contributed by atoms with Gasteiger partial charge in [-0.3, -0.25) is 0 Å². The molecule has 0 saturated carbocycles. The molecule has 0 atom stereocenters. The van der Waals surface area contributed by atoms with Gasteiger partial charge in [-0.15, -0.1) is 0 Å². The molecule has 0 saturated heterocycles. The summed E-state index contributed by atoms with van der Waals surface area (Å²) in [6, 6.07) is 30.2. The smallest absolute Gasteiger partial charge is 0.268 e. The number of aromatic nitrogens is 2. The van der Waals surface area contributed by atoms with Gasteiger partial charge in [-0.2, -0.15) is 10.2 Å². The molecule has 29 heavy (non-hydrogen) atoms. The van der Waals surface area contributed by atoms with Crippen molar-refractivity contribution in [3.63, 3.8) is 0 Å². The fourth-order valence-electron chi connectivity index (χ4n) is 3.31. The van der Waals surface area contributed by atoms with Gasteiger partial charge in [0.05, 0.1) is 5.92 Å². The van der Waals surface area contributed by atoms with E-state index in [-0.39, 0.29) is 11.8 Å². The van der Waals surface area contributed by atoms with Crippen LogP contribution in [-0.4, -0.2) is 10.1 Å². The van der Waals surface area contributed by atoms with Crippen LogP contribution < -0.4 is 0 Å². The van der Waals surface area contributed by atoms with Gasteiger partial charge < -0.3 is 4.52 Å². The Kier molecular flexibility index (Phi) is 5.31. The average molecular weight is 377 g/mol. The molecule has 140 valence electrons. The first-order valence-corrected chi connectivity index (χ1v) is 9.37. The van der Waals surface area contributed by atoms with Gasteiger partial charge in [0.1, 0.15) is 11.6 Å². The van der Waals surface area contributed by atoms with E-state index in [1.807, 2.05) is 91.9 Å². The van der Waals surface area contributed by atoms with Crippen LogP contribution in [0.25, 0.3) is 11.6 Å². The highest BCUT2D eigenvalue weighted by Gasteiger charge is 2.23. The summed E-state index contributed by atoms with van der Waals surface area (Å²) in [6.45, 7) is 2.01. The number of hydrogen-bond donors (Lipinski definition) is 0. The number of benzene rings is 3. The SMILES string of the molecule is Cc1cccc(/C=C(\C#N)c2nc(C(c3ccccc3)c3ccccc3)no2)c1. The molecule has 4 rings (SSSR count). The molecule has 3 aromatic carbocycles. The quantitative estimate of drug-likeness (QED) is 0.423. The first-order chi connectivity index (χ1) is 14.2. The van der Waals surface area contributed by atoms with Gasteiger partial charge in [0, 0.05) is 0 Å². The molecule has 0 aliphatic heterocycles. The zero-order chi connectivity index (χ0) is 20.1. The van der Waals surface area contributed by atoms with Crippen LogP contribution in [0.15, 0.2) is 89.5 Å². The zero-order valence-corrected chi connectivity index (χ0v) is 16.0. The Bertz CT molecular complexity index is 1130. The second kappa shape index (κ2) is 8.37. The molecule has 0 spiro atoms. The van der Waals surface area contributed by atoms with Gasteiger partial charge in [0.15, 0.2) is 5.82 Å². The average Bonchev–Trinajstić information content (AvgIpc) is 3.23. The predicted octanol–water partition coefficient (Wildman–Crippen LogP) is 5.62. The lowest BCUT2D eigenvalue weighted by molar-refractivity contribution is 0.401. The molecular weight excluding hydrogens is 358 g/mol.